The number of ether oxygens (including phenoxy) is 4. The van der Waals surface area contributed by atoms with Gasteiger partial charge in [-0.25, -0.2) is 9.59 Å². The van der Waals surface area contributed by atoms with Crippen molar-refractivity contribution in [3.05, 3.63) is 73.3 Å². The topological polar surface area (TPSA) is 103 Å². The highest BCUT2D eigenvalue weighted by atomic mass is 16.5. The average molecular weight is 621 g/mol. The van der Waals surface area contributed by atoms with Crippen molar-refractivity contribution >= 4 is 34.8 Å². The van der Waals surface area contributed by atoms with Gasteiger partial charge in [-0.15, -0.1) is 13.2 Å². The summed E-state index contributed by atoms with van der Waals surface area (Å²) in [5, 5.41) is 4.68. The number of alkyl carbamates (subject to hydrolysis) is 1. The minimum atomic E-state index is -0.989. The standard InChI is InChI=1S/C36H48N2O7/c1-7-10-12-14-15-17-30(37-35(41)45-20-16-13-11-8-2)33(39)38-25-36(44-6,24-31(38)34(40)43-5)29-19-18-27-23-32(42-4)26(9-3)21-28(27)22-29/h7-9,18-19,21-23,30-31H,1-3,10-17,20,24-25H2,4-6H3,(H,37,41)/t30-,31-,36-/m0/s1. The predicted molar refractivity (Wildman–Crippen MR) is 177 cm³/mol. The molecular weight excluding hydrogens is 572 g/mol. The molecule has 1 fully saturated rings. The summed E-state index contributed by atoms with van der Waals surface area (Å²) in [6, 6.07) is 8.07. The molecule has 45 heavy (non-hydrogen) atoms. The number of carbonyl (C=O) groups excluding carboxylic acids is 3. The normalized spacial score (nSPS) is 18.2. The number of hydrogen-bond donors (Lipinski definition) is 1. The summed E-state index contributed by atoms with van der Waals surface area (Å²) in [6.45, 7) is 11.7. The Kier molecular flexibility index (Phi) is 13.7. The highest BCUT2D eigenvalue weighted by Gasteiger charge is 2.52. The molecule has 0 spiro atoms. The molecule has 0 aromatic heterocycles. The van der Waals surface area contributed by atoms with Gasteiger partial charge >= 0.3 is 12.1 Å². The molecule has 0 aliphatic carbocycles. The van der Waals surface area contributed by atoms with Crippen LogP contribution in [0.1, 0.15) is 68.9 Å². The number of benzene rings is 2. The van der Waals surface area contributed by atoms with E-state index in [-0.39, 0.29) is 25.5 Å². The minimum Gasteiger partial charge on any atom is -0.496 e. The van der Waals surface area contributed by atoms with Gasteiger partial charge in [0.1, 0.15) is 23.4 Å². The van der Waals surface area contributed by atoms with Crippen LogP contribution in [0.25, 0.3) is 16.8 Å². The molecule has 1 heterocycles. The summed E-state index contributed by atoms with van der Waals surface area (Å²) >= 11 is 0. The van der Waals surface area contributed by atoms with E-state index in [9.17, 15) is 14.4 Å². The molecule has 1 aliphatic heterocycles. The van der Waals surface area contributed by atoms with Crippen LogP contribution in [0.15, 0.2) is 62.2 Å². The van der Waals surface area contributed by atoms with Gasteiger partial charge in [-0.1, -0.05) is 49.8 Å². The second kappa shape index (κ2) is 17.4. The van der Waals surface area contributed by atoms with Crippen molar-refractivity contribution in [1.29, 1.82) is 0 Å². The molecule has 2 aromatic carbocycles. The number of hydrogen-bond acceptors (Lipinski definition) is 7. The van der Waals surface area contributed by atoms with Crippen LogP contribution >= 0.6 is 0 Å². The average Bonchev–Trinajstić information content (AvgIpc) is 3.47. The fourth-order valence-electron chi connectivity index (χ4n) is 5.85. The Morgan fingerprint density at radius 1 is 0.978 bits per heavy atom. The van der Waals surface area contributed by atoms with Crippen molar-refractivity contribution in [1.82, 2.24) is 10.2 Å². The largest absolute Gasteiger partial charge is 0.496 e. The van der Waals surface area contributed by atoms with Gasteiger partial charge in [0, 0.05) is 19.1 Å². The molecular formula is C36H48N2O7. The van der Waals surface area contributed by atoms with Crippen molar-refractivity contribution in [3.8, 4) is 5.75 Å². The lowest BCUT2D eigenvalue weighted by atomic mass is 9.89. The third-order valence-electron chi connectivity index (χ3n) is 8.43. The Hall–Kier alpha value is -4.11. The van der Waals surface area contributed by atoms with E-state index in [0.29, 0.717) is 25.0 Å². The number of carbonyl (C=O) groups is 3. The lowest BCUT2D eigenvalue weighted by Gasteiger charge is -2.30. The van der Waals surface area contributed by atoms with Crippen LogP contribution < -0.4 is 10.1 Å². The van der Waals surface area contributed by atoms with Crippen LogP contribution in [0.2, 0.25) is 0 Å². The number of rotatable bonds is 18. The van der Waals surface area contributed by atoms with Gasteiger partial charge in [0.15, 0.2) is 0 Å². The van der Waals surface area contributed by atoms with Gasteiger partial charge in [0.25, 0.3) is 0 Å². The molecule has 1 saturated heterocycles. The minimum absolute atomic E-state index is 0.101. The predicted octanol–water partition coefficient (Wildman–Crippen LogP) is 6.69. The first-order chi connectivity index (χ1) is 21.8. The van der Waals surface area contributed by atoms with Gasteiger partial charge in [-0.05, 0) is 73.1 Å². The van der Waals surface area contributed by atoms with Gasteiger partial charge in [-0.3, -0.25) is 4.79 Å². The SMILES string of the molecule is C=CCCCCC[C@H](NC(=O)OCCCCC=C)C(=O)N1C[C@](OC)(c2ccc3cc(OC)c(C=C)cc3c2)C[C@H]1C(=O)OC. The Morgan fingerprint density at radius 3 is 2.36 bits per heavy atom. The summed E-state index contributed by atoms with van der Waals surface area (Å²) in [6.07, 6.45) is 11.1. The van der Waals surface area contributed by atoms with E-state index in [2.05, 4.69) is 25.1 Å². The number of amides is 2. The quantitative estimate of drug-likeness (QED) is 0.112. The van der Waals surface area contributed by atoms with Crippen LogP contribution in [0.5, 0.6) is 5.75 Å². The number of nitrogens with one attached hydrogen (secondary N) is 1. The number of esters is 1. The first-order valence-electron chi connectivity index (χ1n) is 15.6. The molecule has 0 saturated carbocycles. The Bertz CT molecular complexity index is 1360. The number of allylic oxidation sites excluding steroid dienone is 2. The maximum Gasteiger partial charge on any atom is 0.407 e. The molecule has 9 nitrogen and oxygen atoms in total. The lowest BCUT2D eigenvalue weighted by Crippen LogP contribution is -2.52. The first kappa shape index (κ1) is 35.4. The number of likely N-dealkylation sites (tertiary alicyclic amines) is 1. The van der Waals surface area contributed by atoms with E-state index in [1.807, 2.05) is 42.5 Å². The Morgan fingerprint density at radius 2 is 1.71 bits per heavy atom. The maximum absolute atomic E-state index is 14.2. The smallest absolute Gasteiger partial charge is 0.407 e. The van der Waals surface area contributed by atoms with Crippen molar-refractivity contribution in [2.75, 3.05) is 34.5 Å². The van der Waals surface area contributed by atoms with Gasteiger partial charge in [0.05, 0.1) is 27.4 Å². The van der Waals surface area contributed by atoms with E-state index in [0.717, 1.165) is 54.0 Å². The summed E-state index contributed by atoms with van der Waals surface area (Å²) in [7, 11) is 4.50. The summed E-state index contributed by atoms with van der Waals surface area (Å²) in [5.41, 5.74) is 0.672. The van der Waals surface area contributed by atoms with Gasteiger partial charge < -0.3 is 29.2 Å². The zero-order valence-corrected chi connectivity index (χ0v) is 27.0. The molecule has 3 rings (SSSR count). The van der Waals surface area contributed by atoms with E-state index in [4.69, 9.17) is 18.9 Å². The van der Waals surface area contributed by atoms with Crippen LogP contribution in [-0.2, 0) is 29.4 Å². The van der Waals surface area contributed by atoms with Crippen LogP contribution in [0.3, 0.4) is 0 Å². The second-order valence-corrected chi connectivity index (χ2v) is 11.3. The second-order valence-electron chi connectivity index (χ2n) is 11.3. The number of fused-ring (bicyclic) bond motifs is 1. The van der Waals surface area contributed by atoms with Crippen LogP contribution in [0.4, 0.5) is 4.79 Å². The van der Waals surface area contributed by atoms with Crippen molar-refractivity contribution in [2.45, 2.75) is 75.5 Å². The molecule has 2 amide bonds. The third-order valence-corrected chi connectivity index (χ3v) is 8.43. The fourth-order valence-corrected chi connectivity index (χ4v) is 5.85. The van der Waals surface area contributed by atoms with Crippen LogP contribution in [0, 0.1) is 0 Å². The van der Waals surface area contributed by atoms with E-state index < -0.39 is 29.7 Å². The molecule has 0 bridgehead atoms. The van der Waals surface area contributed by atoms with Gasteiger partial charge in [-0.2, -0.15) is 0 Å². The molecule has 0 unspecified atom stereocenters. The fraction of sp³-hybridized carbons (Fsp3) is 0.472. The molecule has 2 aromatic rings. The molecule has 0 radical (unpaired) electrons. The monoisotopic (exact) mass is 620 g/mol. The highest BCUT2D eigenvalue weighted by Crippen LogP contribution is 2.41. The first-order valence-corrected chi connectivity index (χ1v) is 15.6. The van der Waals surface area contributed by atoms with Crippen molar-refractivity contribution in [3.63, 3.8) is 0 Å². The molecule has 1 N–H and O–H groups in total. The van der Waals surface area contributed by atoms with E-state index in [1.54, 1.807) is 20.3 Å². The highest BCUT2D eigenvalue weighted by molar-refractivity contribution is 5.91. The summed E-state index contributed by atoms with van der Waals surface area (Å²) in [5.74, 6) is -0.208. The van der Waals surface area contributed by atoms with E-state index in [1.165, 1.54) is 12.0 Å². The van der Waals surface area contributed by atoms with Gasteiger partial charge in [0.2, 0.25) is 5.91 Å². The van der Waals surface area contributed by atoms with Crippen molar-refractivity contribution in [2.24, 2.45) is 0 Å². The molecule has 1 aliphatic rings. The zero-order chi connectivity index (χ0) is 32.8. The third kappa shape index (κ3) is 8.97. The lowest BCUT2D eigenvalue weighted by molar-refractivity contribution is -0.151. The summed E-state index contributed by atoms with van der Waals surface area (Å²) < 4.78 is 22.2. The molecule has 244 valence electrons. The number of unbranched alkanes of at least 4 members (excludes halogenated alkanes) is 5. The maximum atomic E-state index is 14.2. The molecule has 3 atom stereocenters. The Balaban J connectivity index is 1.90. The van der Waals surface area contributed by atoms with Crippen molar-refractivity contribution < 1.29 is 33.3 Å². The zero-order valence-electron chi connectivity index (χ0n) is 27.0. The van der Waals surface area contributed by atoms with E-state index >= 15 is 0 Å². The van der Waals surface area contributed by atoms with Crippen LogP contribution in [-0.4, -0.2) is 69.4 Å². The number of nitrogens with zero attached hydrogens (tertiary/aromatic N) is 1. The number of methoxy groups -OCH3 is 3. The molecule has 9 heteroatoms. The Labute approximate surface area is 267 Å². The summed E-state index contributed by atoms with van der Waals surface area (Å²) in [4.78, 5) is 41.6.